The Bertz CT molecular complexity index is 338. The van der Waals surface area contributed by atoms with Crippen molar-refractivity contribution in [2.24, 2.45) is 0 Å². The van der Waals surface area contributed by atoms with E-state index in [2.05, 4.69) is 23.3 Å². The topological polar surface area (TPSA) is 43.4 Å². The van der Waals surface area contributed by atoms with E-state index in [0.29, 0.717) is 6.61 Å². The van der Waals surface area contributed by atoms with Gasteiger partial charge in [0.05, 0.1) is 25.0 Å². The van der Waals surface area contributed by atoms with Gasteiger partial charge in [-0.1, -0.05) is 13.0 Å². The zero-order chi connectivity index (χ0) is 11.9. The first-order valence-electron chi connectivity index (χ1n) is 6.23. The van der Waals surface area contributed by atoms with Gasteiger partial charge in [-0.2, -0.15) is 0 Å². The molecule has 1 aliphatic rings. The van der Waals surface area contributed by atoms with E-state index in [4.69, 9.17) is 9.47 Å². The van der Waals surface area contributed by atoms with Gasteiger partial charge >= 0.3 is 0 Å². The van der Waals surface area contributed by atoms with E-state index in [-0.39, 0.29) is 6.10 Å². The Labute approximate surface area is 102 Å². The molecule has 0 bridgehead atoms. The van der Waals surface area contributed by atoms with E-state index >= 15 is 0 Å². The number of ether oxygens (including phenoxy) is 2. The molecule has 1 N–H and O–H groups in total. The third-order valence-corrected chi connectivity index (χ3v) is 2.89. The summed E-state index contributed by atoms with van der Waals surface area (Å²) in [5.74, 6) is 0. The zero-order valence-electron chi connectivity index (χ0n) is 10.3. The number of hydrogen-bond donors (Lipinski definition) is 1. The molecule has 0 aromatic carbocycles. The van der Waals surface area contributed by atoms with Gasteiger partial charge in [0, 0.05) is 19.3 Å². The van der Waals surface area contributed by atoms with Crippen molar-refractivity contribution < 1.29 is 9.47 Å². The fourth-order valence-electron chi connectivity index (χ4n) is 1.86. The highest BCUT2D eigenvalue weighted by Gasteiger charge is 2.16. The Morgan fingerprint density at radius 3 is 3.29 bits per heavy atom. The normalized spacial score (nSPS) is 19.7. The largest absolute Gasteiger partial charge is 0.379 e. The summed E-state index contributed by atoms with van der Waals surface area (Å²) >= 11 is 0. The first-order chi connectivity index (χ1) is 8.40. The summed E-state index contributed by atoms with van der Waals surface area (Å²) in [5, 5.41) is 3.31. The minimum atomic E-state index is 0.240. The van der Waals surface area contributed by atoms with Crippen LogP contribution in [0, 0.1) is 0 Å². The molecule has 4 heteroatoms. The molecule has 0 saturated carbocycles. The molecule has 1 atom stereocenters. The smallest absolute Gasteiger partial charge is 0.0896 e. The third-order valence-electron chi connectivity index (χ3n) is 2.89. The number of rotatable bonds is 6. The molecule has 1 fully saturated rings. The van der Waals surface area contributed by atoms with E-state index in [1.807, 2.05) is 12.3 Å². The second-order valence-corrected chi connectivity index (χ2v) is 4.19. The molecule has 0 spiro atoms. The quantitative estimate of drug-likeness (QED) is 0.813. The van der Waals surface area contributed by atoms with Crippen LogP contribution in [0.3, 0.4) is 0 Å². The van der Waals surface area contributed by atoms with Crippen molar-refractivity contribution in [3.63, 3.8) is 0 Å². The van der Waals surface area contributed by atoms with Crippen molar-refractivity contribution in [1.29, 1.82) is 0 Å². The highest BCUT2D eigenvalue weighted by atomic mass is 16.5. The van der Waals surface area contributed by atoms with Crippen LogP contribution >= 0.6 is 0 Å². The standard InChI is InChI=1S/C13H20N2O2/c1-2-14-8-11-4-3-6-15-13(11)10-17-12-5-7-16-9-12/h3-4,6,12,14H,2,5,7-10H2,1H3. The summed E-state index contributed by atoms with van der Waals surface area (Å²) in [4.78, 5) is 4.39. The maximum Gasteiger partial charge on any atom is 0.0896 e. The molecule has 1 saturated heterocycles. The zero-order valence-corrected chi connectivity index (χ0v) is 10.3. The summed E-state index contributed by atoms with van der Waals surface area (Å²) in [6.45, 7) is 6.03. The van der Waals surface area contributed by atoms with Crippen molar-refractivity contribution in [1.82, 2.24) is 10.3 Å². The third kappa shape index (κ3) is 3.77. The van der Waals surface area contributed by atoms with Crippen molar-refractivity contribution in [2.45, 2.75) is 32.6 Å². The van der Waals surface area contributed by atoms with Crippen LogP contribution < -0.4 is 5.32 Å². The molecule has 1 aromatic heterocycles. The van der Waals surface area contributed by atoms with E-state index < -0.39 is 0 Å². The number of nitrogens with one attached hydrogen (secondary N) is 1. The Hall–Kier alpha value is -0.970. The minimum Gasteiger partial charge on any atom is -0.379 e. The Kier molecular flexibility index (Phi) is 4.91. The molecule has 4 nitrogen and oxygen atoms in total. The monoisotopic (exact) mass is 236 g/mol. The van der Waals surface area contributed by atoms with Crippen molar-refractivity contribution in [3.8, 4) is 0 Å². The van der Waals surface area contributed by atoms with Crippen molar-refractivity contribution in [3.05, 3.63) is 29.6 Å². The first kappa shape index (κ1) is 12.5. The van der Waals surface area contributed by atoms with Gasteiger partial charge in [-0.15, -0.1) is 0 Å². The SMILES string of the molecule is CCNCc1cccnc1COC1CCOC1. The molecule has 1 aliphatic heterocycles. The van der Waals surface area contributed by atoms with Crippen LogP contribution in [0.25, 0.3) is 0 Å². The molecular weight excluding hydrogens is 216 g/mol. The van der Waals surface area contributed by atoms with Crippen LogP contribution in [-0.4, -0.2) is 30.8 Å². The van der Waals surface area contributed by atoms with Gasteiger partial charge in [0.2, 0.25) is 0 Å². The van der Waals surface area contributed by atoms with Gasteiger partial charge in [-0.3, -0.25) is 4.98 Å². The molecule has 94 valence electrons. The summed E-state index contributed by atoms with van der Waals surface area (Å²) < 4.78 is 11.1. The van der Waals surface area contributed by atoms with Crippen LogP contribution in [0.1, 0.15) is 24.6 Å². The van der Waals surface area contributed by atoms with Crippen LogP contribution in [0.15, 0.2) is 18.3 Å². The maximum atomic E-state index is 5.79. The summed E-state index contributed by atoms with van der Waals surface area (Å²) in [7, 11) is 0. The van der Waals surface area contributed by atoms with Gasteiger partial charge in [-0.25, -0.2) is 0 Å². The van der Waals surface area contributed by atoms with Gasteiger partial charge < -0.3 is 14.8 Å². The second-order valence-electron chi connectivity index (χ2n) is 4.19. The van der Waals surface area contributed by atoms with Crippen LogP contribution in [0.5, 0.6) is 0 Å². The number of nitrogens with zero attached hydrogens (tertiary/aromatic N) is 1. The molecule has 0 radical (unpaired) electrons. The van der Waals surface area contributed by atoms with Crippen molar-refractivity contribution in [2.75, 3.05) is 19.8 Å². The van der Waals surface area contributed by atoms with Gasteiger partial charge in [-0.05, 0) is 24.6 Å². The average molecular weight is 236 g/mol. The van der Waals surface area contributed by atoms with Crippen molar-refractivity contribution >= 4 is 0 Å². The molecule has 1 unspecified atom stereocenters. The molecule has 0 aliphatic carbocycles. The molecule has 2 rings (SSSR count). The summed E-state index contributed by atoms with van der Waals surface area (Å²) in [6, 6.07) is 4.06. The van der Waals surface area contributed by atoms with Gasteiger partial charge in [0.1, 0.15) is 0 Å². The van der Waals surface area contributed by atoms with Crippen LogP contribution in [0.2, 0.25) is 0 Å². The van der Waals surface area contributed by atoms with Gasteiger partial charge in [0.15, 0.2) is 0 Å². The maximum absolute atomic E-state index is 5.79. The van der Waals surface area contributed by atoms with E-state index in [1.54, 1.807) is 0 Å². The lowest BCUT2D eigenvalue weighted by Crippen LogP contribution is -2.16. The molecule has 0 amide bonds. The molecular formula is C13H20N2O2. The fraction of sp³-hybridized carbons (Fsp3) is 0.615. The predicted molar refractivity (Wildman–Crippen MR) is 65.6 cm³/mol. The molecule has 1 aromatic rings. The number of hydrogen-bond acceptors (Lipinski definition) is 4. The summed E-state index contributed by atoms with van der Waals surface area (Å²) in [5.41, 5.74) is 2.24. The summed E-state index contributed by atoms with van der Waals surface area (Å²) in [6.07, 6.45) is 3.05. The Morgan fingerprint density at radius 2 is 2.53 bits per heavy atom. The average Bonchev–Trinajstić information content (AvgIpc) is 2.88. The lowest BCUT2D eigenvalue weighted by Gasteiger charge is -2.12. The van der Waals surface area contributed by atoms with Gasteiger partial charge in [0.25, 0.3) is 0 Å². The number of pyridine rings is 1. The highest BCUT2D eigenvalue weighted by Crippen LogP contribution is 2.13. The fourth-order valence-corrected chi connectivity index (χ4v) is 1.86. The molecule has 17 heavy (non-hydrogen) atoms. The predicted octanol–water partition coefficient (Wildman–Crippen LogP) is 1.50. The molecule has 2 heterocycles. The highest BCUT2D eigenvalue weighted by molar-refractivity contribution is 5.18. The number of aromatic nitrogens is 1. The van der Waals surface area contributed by atoms with E-state index in [0.717, 1.165) is 38.4 Å². The second kappa shape index (κ2) is 6.69. The lowest BCUT2D eigenvalue weighted by atomic mass is 10.2. The first-order valence-corrected chi connectivity index (χ1v) is 6.23. The Balaban J connectivity index is 1.89. The van der Waals surface area contributed by atoms with Crippen LogP contribution in [0.4, 0.5) is 0 Å². The van der Waals surface area contributed by atoms with E-state index in [1.165, 1.54) is 5.56 Å². The lowest BCUT2D eigenvalue weighted by molar-refractivity contribution is 0.0297. The Morgan fingerprint density at radius 1 is 1.59 bits per heavy atom. The van der Waals surface area contributed by atoms with E-state index in [9.17, 15) is 0 Å². The minimum absolute atomic E-state index is 0.240. The van der Waals surface area contributed by atoms with Crippen LogP contribution in [-0.2, 0) is 22.6 Å².